The average molecular weight is 508 g/mol. The zero-order valence-corrected chi connectivity index (χ0v) is 21.3. The van der Waals surface area contributed by atoms with Crippen LogP contribution in [-0.2, 0) is 4.79 Å². The Balaban J connectivity index is 1.14. The van der Waals surface area contributed by atoms with Crippen LogP contribution < -0.4 is 11.1 Å². The van der Waals surface area contributed by atoms with Gasteiger partial charge in [0.05, 0.1) is 6.54 Å². The van der Waals surface area contributed by atoms with Gasteiger partial charge in [0.1, 0.15) is 16.6 Å². The van der Waals surface area contributed by atoms with E-state index >= 15 is 0 Å². The van der Waals surface area contributed by atoms with E-state index in [9.17, 15) is 4.79 Å². The molecule has 3 aromatic rings. The smallest absolute Gasteiger partial charge is 0.231 e. The summed E-state index contributed by atoms with van der Waals surface area (Å²) in [5, 5.41) is 5.17. The van der Waals surface area contributed by atoms with Gasteiger partial charge < -0.3 is 20.9 Å². The fourth-order valence-corrected chi connectivity index (χ4v) is 6.90. The first-order chi connectivity index (χ1) is 17.5. The van der Waals surface area contributed by atoms with Crippen molar-refractivity contribution >= 4 is 34.4 Å². The fraction of sp³-hybridized carbons (Fsp3) is 0.519. The van der Waals surface area contributed by atoms with Crippen molar-refractivity contribution in [2.75, 3.05) is 31.5 Å². The van der Waals surface area contributed by atoms with Crippen LogP contribution in [0.25, 0.3) is 22.2 Å². The lowest BCUT2D eigenvalue weighted by molar-refractivity contribution is -0.122. The van der Waals surface area contributed by atoms with Gasteiger partial charge in [0.15, 0.2) is 0 Å². The van der Waals surface area contributed by atoms with E-state index in [1.165, 1.54) is 25.9 Å². The van der Waals surface area contributed by atoms with E-state index in [1.807, 2.05) is 18.3 Å². The summed E-state index contributed by atoms with van der Waals surface area (Å²) in [6.07, 6.45) is 10.4. The van der Waals surface area contributed by atoms with E-state index in [-0.39, 0.29) is 5.91 Å². The van der Waals surface area contributed by atoms with Gasteiger partial charge in [-0.05, 0) is 87.4 Å². The quantitative estimate of drug-likeness (QED) is 0.419. The summed E-state index contributed by atoms with van der Waals surface area (Å²) in [7, 11) is 0. The van der Waals surface area contributed by atoms with Crippen LogP contribution in [0.4, 0.5) is 5.82 Å². The van der Waals surface area contributed by atoms with Gasteiger partial charge in [-0.1, -0.05) is 11.6 Å². The zero-order chi connectivity index (χ0) is 24.6. The van der Waals surface area contributed by atoms with E-state index in [0.29, 0.717) is 35.7 Å². The number of H-pyrrole nitrogens is 1. The highest BCUT2D eigenvalue weighted by Crippen LogP contribution is 2.36. The van der Waals surface area contributed by atoms with Gasteiger partial charge in [-0.2, -0.15) is 0 Å². The lowest BCUT2D eigenvalue weighted by atomic mass is 9.80. The van der Waals surface area contributed by atoms with Gasteiger partial charge in [-0.15, -0.1) is 0 Å². The first-order valence-electron chi connectivity index (χ1n) is 13.2. The minimum Gasteiger partial charge on any atom is -0.369 e. The van der Waals surface area contributed by atoms with Crippen molar-refractivity contribution in [2.45, 2.75) is 56.7 Å². The average Bonchev–Trinajstić information content (AvgIpc) is 3.32. The maximum atomic E-state index is 12.0. The molecule has 0 aromatic carbocycles. The van der Waals surface area contributed by atoms with E-state index < -0.39 is 0 Å². The molecule has 1 saturated carbocycles. The molecular weight excluding hydrogens is 474 g/mol. The Labute approximate surface area is 216 Å². The van der Waals surface area contributed by atoms with Crippen LogP contribution in [0.2, 0.25) is 5.15 Å². The first-order valence-corrected chi connectivity index (χ1v) is 13.5. The summed E-state index contributed by atoms with van der Waals surface area (Å²) in [4.78, 5) is 29.2. The number of piperidine rings is 3. The number of pyridine rings is 2. The van der Waals surface area contributed by atoms with E-state index in [1.54, 1.807) is 6.20 Å². The highest BCUT2D eigenvalue weighted by molar-refractivity contribution is 6.29. The number of primary amides is 1. The molecule has 4 fully saturated rings. The fourth-order valence-electron chi connectivity index (χ4n) is 6.69. The van der Waals surface area contributed by atoms with Crippen molar-refractivity contribution in [1.29, 1.82) is 0 Å². The molecule has 8 nitrogen and oxygen atoms in total. The highest BCUT2D eigenvalue weighted by atomic mass is 35.5. The SMILES string of the molecule is NC(=O)CN(C1CCC(Nc2cc(-c3c[nH]c4ncccc34)cc(Cl)n2)CC1)C1CN2CCC1CC2. The Morgan fingerprint density at radius 3 is 2.72 bits per heavy atom. The molecule has 1 aliphatic carbocycles. The molecule has 9 heteroatoms. The second kappa shape index (κ2) is 10.00. The second-order valence-electron chi connectivity index (χ2n) is 10.7. The summed E-state index contributed by atoms with van der Waals surface area (Å²) in [6, 6.07) is 9.16. The number of fused-ring (bicyclic) bond motifs is 4. The van der Waals surface area contributed by atoms with Gasteiger partial charge >= 0.3 is 0 Å². The third kappa shape index (κ3) is 4.82. The van der Waals surface area contributed by atoms with Gasteiger partial charge in [0.2, 0.25) is 5.91 Å². The molecule has 3 saturated heterocycles. The van der Waals surface area contributed by atoms with Crippen LogP contribution in [0.15, 0.2) is 36.7 Å². The molecule has 0 spiro atoms. The number of nitrogens with one attached hydrogen (secondary N) is 2. The summed E-state index contributed by atoms with van der Waals surface area (Å²) in [5.41, 5.74) is 8.64. The van der Waals surface area contributed by atoms with Crippen molar-refractivity contribution in [2.24, 2.45) is 11.7 Å². The summed E-state index contributed by atoms with van der Waals surface area (Å²) in [6.45, 7) is 3.85. The number of hydrogen-bond donors (Lipinski definition) is 3. The standard InChI is InChI=1S/C27H34ClN7O/c28-24-12-18(22-14-31-27-21(22)2-1-9-30-27)13-26(33-24)32-19-3-5-20(6-4-19)35(16-25(29)36)23-15-34-10-7-17(23)8-11-34/h1-2,9,12-14,17,19-20,23H,3-8,10-11,15-16H2,(H2,29,36)(H,30,31)(H,32,33). The summed E-state index contributed by atoms with van der Waals surface area (Å²) >= 11 is 6.43. The molecule has 3 aliphatic heterocycles. The van der Waals surface area contributed by atoms with Crippen LogP contribution in [0, 0.1) is 5.92 Å². The largest absolute Gasteiger partial charge is 0.369 e. The summed E-state index contributed by atoms with van der Waals surface area (Å²) in [5.74, 6) is 1.28. The van der Waals surface area contributed by atoms with Crippen LogP contribution in [0.3, 0.4) is 0 Å². The molecule has 36 heavy (non-hydrogen) atoms. The predicted molar refractivity (Wildman–Crippen MR) is 143 cm³/mol. The minimum atomic E-state index is -0.213. The number of aromatic nitrogens is 3. The molecule has 4 N–H and O–H groups in total. The molecule has 1 atom stereocenters. The van der Waals surface area contributed by atoms with Crippen molar-refractivity contribution in [3.8, 4) is 11.1 Å². The van der Waals surface area contributed by atoms with E-state index in [2.05, 4.69) is 42.2 Å². The number of rotatable bonds is 7. The number of amides is 1. The maximum Gasteiger partial charge on any atom is 0.231 e. The third-order valence-corrected chi connectivity index (χ3v) is 8.65. The number of nitrogens with zero attached hydrogens (tertiary/aromatic N) is 4. The molecule has 190 valence electrons. The Hall–Kier alpha value is -2.68. The van der Waals surface area contributed by atoms with Crippen molar-refractivity contribution in [1.82, 2.24) is 24.8 Å². The topological polar surface area (TPSA) is 103 Å². The molecular formula is C27H34ClN7O. The second-order valence-corrected chi connectivity index (χ2v) is 11.0. The Morgan fingerprint density at radius 2 is 2.00 bits per heavy atom. The molecule has 2 bridgehead atoms. The molecule has 6 heterocycles. The number of anilines is 1. The molecule has 4 aliphatic rings. The molecule has 7 rings (SSSR count). The molecule has 1 unspecified atom stereocenters. The normalized spacial score (nSPS) is 28.0. The number of nitrogens with two attached hydrogens (primary N) is 1. The summed E-state index contributed by atoms with van der Waals surface area (Å²) < 4.78 is 0. The minimum absolute atomic E-state index is 0.213. The van der Waals surface area contributed by atoms with Gasteiger partial charge in [0.25, 0.3) is 0 Å². The van der Waals surface area contributed by atoms with Gasteiger partial charge in [0, 0.05) is 48.0 Å². The van der Waals surface area contributed by atoms with E-state index in [4.69, 9.17) is 17.3 Å². The van der Waals surface area contributed by atoms with Crippen LogP contribution in [0.1, 0.15) is 38.5 Å². The van der Waals surface area contributed by atoms with Crippen molar-refractivity contribution < 1.29 is 4.79 Å². The van der Waals surface area contributed by atoms with Crippen molar-refractivity contribution in [3.63, 3.8) is 0 Å². The molecule has 0 radical (unpaired) electrons. The lowest BCUT2D eigenvalue weighted by Gasteiger charge is -2.51. The Morgan fingerprint density at radius 1 is 1.19 bits per heavy atom. The molecule has 1 amide bonds. The maximum absolute atomic E-state index is 12.0. The number of carbonyl (C=O) groups is 1. The monoisotopic (exact) mass is 507 g/mol. The lowest BCUT2D eigenvalue weighted by Crippen LogP contribution is -2.61. The van der Waals surface area contributed by atoms with Crippen LogP contribution >= 0.6 is 11.6 Å². The van der Waals surface area contributed by atoms with Crippen molar-refractivity contribution in [3.05, 3.63) is 41.8 Å². The third-order valence-electron chi connectivity index (χ3n) is 8.46. The number of halogens is 1. The number of carbonyl (C=O) groups excluding carboxylic acids is 1. The van der Waals surface area contributed by atoms with Crippen LogP contribution in [0.5, 0.6) is 0 Å². The predicted octanol–water partition coefficient (Wildman–Crippen LogP) is 3.88. The van der Waals surface area contributed by atoms with Crippen LogP contribution in [-0.4, -0.2) is 75.0 Å². The Bertz CT molecular complexity index is 1230. The highest BCUT2D eigenvalue weighted by Gasteiger charge is 2.41. The zero-order valence-electron chi connectivity index (χ0n) is 20.5. The van der Waals surface area contributed by atoms with E-state index in [0.717, 1.165) is 60.2 Å². The van der Waals surface area contributed by atoms with Gasteiger partial charge in [-0.3, -0.25) is 9.69 Å². The number of aromatic amines is 1. The number of hydrogen-bond acceptors (Lipinski definition) is 6. The van der Waals surface area contributed by atoms with Gasteiger partial charge in [-0.25, -0.2) is 9.97 Å². The Kier molecular flexibility index (Phi) is 6.58. The molecule has 3 aromatic heterocycles. The first kappa shape index (κ1) is 23.7.